The fourth-order valence-corrected chi connectivity index (χ4v) is 3.20. The lowest BCUT2D eigenvalue weighted by Gasteiger charge is -2.36. The highest BCUT2D eigenvalue weighted by Gasteiger charge is 2.24. The summed E-state index contributed by atoms with van der Waals surface area (Å²) in [6.07, 6.45) is 1.37. The molecule has 3 rings (SSSR count). The fourth-order valence-electron chi connectivity index (χ4n) is 3.20. The molecule has 1 amide bonds. The zero-order valence-electron chi connectivity index (χ0n) is 17.2. The van der Waals surface area contributed by atoms with E-state index < -0.39 is 5.97 Å². The van der Waals surface area contributed by atoms with Crippen LogP contribution in [0.15, 0.2) is 60.3 Å². The fraction of sp³-hybridized carbons (Fsp3) is 0.261. The number of nitriles is 1. The molecule has 0 aromatic heterocycles. The van der Waals surface area contributed by atoms with E-state index in [0.717, 1.165) is 5.69 Å². The minimum atomic E-state index is -0.405. The highest BCUT2D eigenvalue weighted by molar-refractivity contribution is 5.97. The van der Waals surface area contributed by atoms with E-state index in [1.165, 1.54) is 18.3 Å². The van der Waals surface area contributed by atoms with Gasteiger partial charge in [-0.25, -0.2) is 9.18 Å². The summed E-state index contributed by atoms with van der Waals surface area (Å²) in [5, 5.41) is 12.3. The molecule has 2 aromatic carbocycles. The molecule has 1 fully saturated rings. The largest absolute Gasteiger partial charge is 0.462 e. The second-order valence-corrected chi connectivity index (χ2v) is 6.87. The van der Waals surface area contributed by atoms with Gasteiger partial charge < -0.3 is 19.9 Å². The van der Waals surface area contributed by atoms with Crippen molar-refractivity contribution in [1.29, 1.82) is 5.26 Å². The van der Waals surface area contributed by atoms with Gasteiger partial charge in [0, 0.05) is 43.8 Å². The number of carbonyl (C=O) groups is 2. The smallest absolute Gasteiger partial charge is 0.338 e. The monoisotopic (exact) mass is 422 g/mol. The molecular formula is C23H23FN4O3. The van der Waals surface area contributed by atoms with Gasteiger partial charge in [0.15, 0.2) is 0 Å². The molecule has 1 heterocycles. The highest BCUT2D eigenvalue weighted by Crippen LogP contribution is 2.18. The third-order valence-corrected chi connectivity index (χ3v) is 4.89. The molecule has 0 unspecified atom stereocenters. The summed E-state index contributed by atoms with van der Waals surface area (Å²) >= 11 is 0. The van der Waals surface area contributed by atoms with Crippen LogP contribution in [-0.2, 0) is 9.53 Å². The van der Waals surface area contributed by atoms with Crippen molar-refractivity contribution in [1.82, 2.24) is 4.90 Å². The van der Waals surface area contributed by atoms with Crippen molar-refractivity contribution in [2.45, 2.75) is 6.92 Å². The zero-order chi connectivity index (χ0) is 22.2. The second kappa shape index (κ2) is 10.3. The van der Waals surface area contributed by atoms with Crippen molar-refractivity contribution in [2.75, 3.05) is 43.0 Å². The van der Waals surface area contributed by atoms with Crippen LogP contribution < -0.4 is 10.2 Å². The number of benzene rings is 2. The van der Waals surface area contributed by atoms with Gasteiger partial charge in [-0.2, -0.15) is 5.26 Å². The number of hydrogen-bond acceptors (Lipinski definition) is 6. The molecule has 1 saturated heterocycles. The van der Waals surface area contributed by atoms with E-state index in [9.17, 15) is 19.2 Å². The Kier molecular flexibility index (Phi) is 7.22. The molecular weight excluding hydrogens is 399 g/mol. The lowest BCUT2D eigenvalue weighted by atomic mass is 10.2. The molecule has 160 valence electrons. The first kappa shape index (κ1) is 21.8. The first-order valence-corrected chi connectivity index (χ1v) is 9.95. The van der Waals surface area contributed by atoms with Crippen molar-refractivity contribution < 1.29 is 18.7 Å². The van der Waals surface area contributed by atoms with Gasteiger partial charge in [0.05, 0.1) is 12.2 Å². The summed E-state index contributed by atoms with van der Waals surface area (Å²) in [6, 6.07) is 14.7. The number of anilines is 2. The van der Waals surface area contributed by atoms with Crippen LogP contribution >= 0.6 is 0 Å². The molecule has 0 atom stereocenters. The molecule has 0 spiro atoms. The zero-order valence-corrected chi connectivity index (χ0v) is 17.2. The third-order valence-electron chi connectivity index (χ3n) is 4.89. The standard InChI is InChI=1S/C23H23FN4O3/c1-2-31-23(30)17-3-7-20(8-4-17)26-16-18(15-25)22(29)28-13-11-27(12-14-28)21-9-5-19(24)6-10-21/h3-10,16,26H,2,11-14H2,1H3/b18-16-. The van der Waals surface area contributed by atoms with E-state index in [1.54, 1.807) is 48.2 Å². The molecule has 2 aromatic rings. The van der Waals surface area contributed by atoms with Gasteiger partial charge in [0.1, 0.15) is 17.5 Å². The Hall–Kier alpha value is -3.86. The van der Waals surface area contributed by atoms with Crippen LogP contribution in [-0.4, -0.2) is 49.6 Å². The first-order chi connectivity index (χ1) is 15.0. The minimum Gasteiger partial charge on any atom is -0.462 e. The Morgan fingerprint density at radius 2 is 1.74 bits per heavy atom. The summed E-state index contributed by atoms with van der Waals surface area (Å²) < 4.78 is 18.0. The maximum absolute atomic E-state index is 13.1. The van der Waals surface area contributed by atoms with E-state index in [0.29, 0.717) is 44.0 Å². The topological polar surface area (TPSA) is 85.7 Å². The second-order valence-electron chi connectivity index (χ2n) is 6.87. The molecule has 0 aliphatic carbocycles. The summed E-state index contributed by atoms with van der Waals surface area (Å²) in [4.78, 5) is 28.1. The summed E-state index contributed by atoms with van der Waals surface area (Å²) in [5.41, 5.74) is 1.95. The molecule has 1 aliphatic rings. The van der Waals surface area contributed by atoms with Crippen molar-refractivity contribution >= 4 is 23.3 Å². The van der Waals surface area contributed by atoms with Gasteiger partial charge in [-0.15, -0.1) is 0 Å². The predicted octanol–water partition coefficient (Wildman–Crippen LogP) is 3.17. The summed E-state index contributed by atoms with van der Waals surface area (Å²) in [5.74, 6) is -1.04. The lowest BCUT2D eigenvalue weighted by molar-refractivity contribution is -0.127. The van der Waals surface area contributed by atoms with Crippen molar-refractivity contribution in [2.24, 2.45) is 0 Å². The van der Waals surface area contributed by atoms with Crippen LogP contribution in [0.25, 0.3) is 0 Å². The molecule has 0 saturated carbocycles. The van der Waals surface area contributed by atoms with Crippen LogP contribution in [0.4, 0.5) is 15.8 Å². The Bertz CT molecular complexity index is 989. The van der Waals surface area contributed by atoms with Crippen LogP contribution in [0.3, 0.4) is 0 Å². The van der Waals surface area contributed by atoms with Crippen LogP contribution in [0.5, 0.6) is 0 Å². The quantitative estimate of drug-likeness (QED) is 0.437. The number of nitrogens with zero attached hydrogens (tertiary/aromatic N) is 3. The van der Waals surface area contributed by atoms with Gasteiger partial charge in [0.25, 0.3) is 5.91 Å². The number of carbonyl (C=O) groups excluding carboxylic acids is 2. The number of rotatable bonds is 6. The van der Waals surface area contributed by atoms with Crippen molar-refractivity contribution in [3.05, 3.63) is 71.7 Å². The predicted molar refractivity (Wildman–Crippen MR) is 115 cm³/mol. The molecule has 1 aliphatic heterocycles. The Morgan fingerprint density at radius 3 is 2.32 bits per heavy atom. The van der Waals surface area contributed by atoms with Gasteiger partial charge in [0.2, 0.25) is 0 Å². The van der Waals surface area contributed by atoms with Crippen molar-refractivity contribution in [3.63, 3.8) is 0 Å². The molecule has 0 bridgehead atoms. The number of hydrogen-bond donors (Lipinski definition) is 1. The van der Waals surface area contributed by atoms with Gasteiger partial charge in [-0.1, -0.05) is 0 Å². The number of esters is 1. The van der Waals surface area contributed by atoms with E-state index in [-0.39, 0.29) is 17.3 Å². The van der Waals surface area contributed by atoms with Crippen LogP contribution in [0, 0.1) is 17.1 Å². The van der Waals surface area contributed by atoms with Crippen LogP contribution in [0.1, 0.15) is 17.3 Å². The Balaban J connectivity index is 1.57. The van der Waals surface area contributed by atoms with E-state index in [4.69, 9.17) is 4.74 Å². The van der Waals surface area contributed by atoms with E-state index in [2.05, 4.69) is 10.2 Å². The average Bonchev–Trinajstić information content (AvgIpc) is 2.80. The Morgan fingerprint density at radius 1 is 1.10 bits per heavy atom. The maximum atomic E-state index is 13.1. The third kappa shape index (κ3) is 5.60. The average molecular weight is 422 g/mol. The van der Waals surface area contributed by atoms with E-state index >= 15 is 0 Å². The summed E-state index contributed by atoms with van der Waals surface area (Å²) in [6.45, 7) is 4.15. The number of ether oxygens (including phenoxy) is 1. The lowest BCUT2D eigenvalue weighted by Crippen LogP contribution is -2.49. The summed E-state index contributed by atoms with van der Waals surface area (Å²) in [7, 11) is 0. The van der Waals surface area contributed by atoms with E-state index in [1.807, 2.05) is 6.07 Å². The van der Waals surface area contributed by atoms with Gasteiger partial charge in [-0.05, 0) is 55.5 Å². The first-order valence-electron chi connectivity index (χ1n) is 9.95. The number of nitrogens with one attached hydrogen (secondary N) is 1. The molecule has 8 heteroatoms. The number of halogens is 1. The number of piperazine rings is 1. The molecule has 1 N–H and O–H groups in total. The molecule has 7 nitrogen and oxygen atoms in total. The Labute approximate surface area is 180 Å². The van der Waals surface area contributed by atoms with Crippen LogP contribution in [0.2, 0.25) is 0 Å². The van der Waals surface area contributed by atoms with Gasteiger partial charge in [-0.3, -0.25) is 4.79 Å². The van der Waals surface area contributed by atoms with Gasteiger partial charge >= 0.3 is 5.97 Å². The highest BCUT2D eigenvalue weighted by atomic mass is 19.1. The maximum Gasteiger partial charge on any atom is 0.338 e. The molecule has 31 heavy (non-hydrogen) atoms. The minimum absolute atomic E-state index is 0.00954. The SMILES string of the molecule is CCOC(=O)c1ccc(N/C=C(/C#N)C(=O)N2CCN(c3ccc(F)cc3)CC2)cc1. The number of amides is 1. The normalized spacial score (nSPS) is 14.0. The molecule has 0 radical (unpaired) electrons. The van der Waals surface area contributed by atoms with Crippen molar-refractivity contribution in [3.8, 4) is 6.07 Å².